The summed E-state index contributed by atoms with van der Waals surface area (Å²) >= 11 is 6.28. The number of amides is 2. The van der Waals surface area contributed by atoms with Gasteiger partial charge in [-0.05, 0) is 47.9 Å². The van der Waals surface area contributed by atoms with Gasteiger partial charge in [-0.15, -0.1) is 0 Å². The number of benzene rings is 2. The summed E-state index contributed by atoms with van der Waals surface area (Å²) in [6, 6.07) is 13.0. The fourth-order valence-corrected chi connectivity index (χ4v) is 3.36. The molecule has 2 aromatic rings. The fraction of sp³-hybridized carbons (Fsp3) is 0.348. The molecule has 2 heterocycles. The number of halogens is 1. The van der Waals surface area contributed by atoms with Crippen LogP contribution in [-0.2, 0) is 20.7 Å². The lowest BCUT2D eigenvalue weighted by molar-refractivity contribution is -0.123. The topological polar surface area (TPSA) is 102 Å². The minimum atomic E-state index is -0.228. The van der Waals surface area contributed by atoms with Crippen LogP contribution in [-0.4, -0.2) is 50.0 Å². The Morgan fingerprint density at radius 3 is 2.69 bits per heavy atom. The monoisotopic (exact) mass is 457 g/mol. The maximum absolute atomic E-state index is 12.1. The summed E-state index contributed by atoms with van der Waals surface area (Å²) in [4.78, 5) is 23.3. The molecule has 168 valence electrons. The number of nitrogens with zero attached hydrogens (tertiary/aromatic N) is 1. The second kappa shape index (κ2) is 10.5. The molecule has 0 spiro atoms. The van der Waals surface area contributed by atoms with E-state index in [0.29, 0.717) is 43.2 Å². The van der Waals surface area contributed by atoms with E-state index in [0.717, 1.165) is 29.2 Å². The lowest BCUT2D eigenvalue weighted by Gasteiger charge is -2.14. The first-order valence-corrected chi connectivity index (χ1v) is 10.8. The van der Waals surface area contributed by atoms with Crippen LogP contribution in [0, 0.1) is 0 Å². The predicted octanol–water partition coefficient (Wildman–Crippen LogP) is 2.47. The van der Waals surface area contributed by atoms with Gasteiger partial charge in [0.05, 0.1) is 17.3 Å². The van der Waals surface area contributed by atoms with Crippen molar-refractivity contribution in [2.45, 2.75) is 25.4 Å². The van der Waals surface area contributed by atoms with Gasteiger partial charge in [0, 0.05) is 19.4 Å². The Kier molecular flexibility index (Phi) is 7.24. The van der Waals surface area contributed by atoms with Crippen LogP contribution < -0.4 is 20.2 Å². The number of nitrogens with one attached hydrogen (secondary N) is 2. The molecule has 1 saturated heterocycles. The van der Waals surface area contributed by atoms with Gasteiger partial charge in [0.15, 0.2) is 6.61 Å². The largest absolute Gasteiger partial charge is 0.491 e. The van der Waals surface area contributed by atoms with Gasteiger partial charge in [-0.25, -0.2) is 5.43 Å². The number of carbonyl (C=O) groups excluding carboxylic acids is 2. The molecule has 0 aliphatic carbocycles. The summed E-state index contributed by atoms with van der Waals surface area (Å²) in [6.45, 7) is 1.72. The SMILES string of the molecule is O=C(COc1ccc(C2=NNC(=O)CC2)cc1Cl)NCCc1ccc(OCC2CO2)cc1. The first-order chi connectivity index (χ1) is 15.6. The molecule has 0 aromatic heterocycles. The summed E-state index contributed by atoms with van der Waals surface area (Å²) in [5.74, 6) is 0.897. The molecular formula is C23H24ClN3O5. The highest BCUT2D eigenvalue weighted by molar-refractivity contribution is 6.32. The molecule has 2 amide bonds. The smallest absolute Gasteiger partial charge is 0.257 e. The van der Waals surface area contributed by atoms with Crippen LogP contribution in [0.4, 0.5) is 0 Å². The zero-order valence-electron chi connectivity index (χ0n) is 17.4. The van der Waals surface area contributed by atoms with Gasteiger partial charge in [0.25, 0.3) is 5.91 Å². The van der Waals surface area contributed by atoms with Gasteiger partial charge in [0.2, 0.25) is 5.91 Å². The Bertz CT molecular complexity index is 1010. The van der Waals surface area contributed by atoms with Crippen molar-refractivity contribution < 1.29 is 23.8 Å². The normalized spacial score (nSPS) is 17.2. The Morgan fingerprint density at radius 2 is 2.00 bits per heavy atom. The highest BCUT2D eigenvalue weighted by Crippen LogP contribution is 2.26. The van der Waals surface area contributed by atoms with Crippen molar-refractivity contribution in [3.8, 4) is 11.5 Å². The van der Waals surface area contributed by atoms with Crippen LogP contribution in [0.2, 0.25) is 5.02 Å². The van der Waals surface area contributed by atoms with Crippen LogP contribution in [0.1, 0.15) is 24.0 Å². The van der Waals surface area contributed by atoms with E-state index >= 15 is 0 Å². The van der Waals surface area contributed by atoms with E-state index in [1.807, 2.05) is 24.3 Å². The quantitative estimate of drug-likeness (QED) is 0.534. The highest BCUT2D eigenvalue weighted by Gasteiger charge is 2.23. The van der Waals surface area contributed by atoms with E-state index in [4.69, 9.17) is 25.8 Å². The van der Waals surface area contributed by atoms with Crippen LogP contribution in [0.25, 0.3) is 0 Å². The van der Waals surface area contributed by atoms with Crippen LogP contribution >= 0.6 is 11.6 Å². The zero-order chi connectivity index (χ0) is 22.3. The number of hydrazone groups is 1. The summed E-state index contributed by atoms with van der Waals surface area (Å²) in [5, 5.41) is 7.27. The molecule has 9 heteroatoms. The van der Waals surface area contributed by atoms with E-state index in [1.54, 1.807) is 18.2 Å². The Labute approximate surface area is 190 Å². The first-order valence-electron chi connectivity index (χ1n) is 10.4. The summed E-state index contributed by atoms with van der Waals surface area (Å²) < 4.78 is 16.3. The van der Waals surface area contributed by atoms with Gasteiger partial charge in [-0.3, -0.25) is 9.59 Å². The molecule has 0 saturated carbocycles. The van der Waals surface area contributed by atoms with Gasteiger partial charge >= 0.3 is 0 Å². The molecule has 2 aliphatic rings. The molecule has 2 aromatic carbocycles. The molecule has 1 fully saturated rings. The van der Waals surface area contributed by atoms with E-state index in [2.05, 4.69) is 15.8 Å². The molecule has 4 rings (SSSR count). The van der Waals surface area contributed by atoms with Crippen LogP contribution in [0.3, 0.4) is 0 Å². The number of epoxide rings is 1. The maximum atomic E-state index is 12.1. The Morgan fingerprint density at radius 1 is 1.19 bits per heavy atom. The van der Waals surface area contributed by atoms with Crippen molar-refractivity contribution in [3.05, 3.63) is 58.6 Å². The minimum absolute atomic E-state index is 0.101. The average Bonchev–Trinajstić information content (AvgIpc) is 3.63. The number of rotatable bonds is 10. The van der Waals surface area contributed by atoms with Crippen molar-refractivity contribution in [3.63, 3.8) is 0 Å². The molecule has 8 nitrogen and oxygen atoms in total. The highest BCUT2D eigenvalue weighted by atomic mass is 35.5. The van der Waals surface area contributed by atoms with E-state index in [9.17, 15) is 9.59 Å². The summed E-state index contributed by atoms with van der Waals surface area (Å²) in [7, 11) is 0. The van der Waals surface area contributed by atoms with Crippen molar-refractivity contribution in [2.24, 2.45) is 5.10 Å². The van der Waals surface area contributed by atoms with Crippen molar-refractivity contribution in [1.29, 1.82) is 0 Å². The number of hydrogen-bond acceptors (Lipinski definition) is 6. The third kappa shape index (κ3) is 6.45. The lowest BCUT2D eigenvalue weighted by Crippen LogP contribution is -2.30. The number of ether oxygens (including phenoxy) is 3. The molecule has 2 N–H and O–H groups in total. The predicted molar refractivity (Wildman–Crippen MR) is 119 cm³/mol. The van der Waals surface area contributed by atoms with Crippen molar-refractivity contribution in [1.82, 2.24) is 10.7 Å². The molecular weight excluding hydrogens is 434 g/mol. The number of hydrogen-bond donors (Lipinski definition) is 2. The minimum Gasteiger partial charge on any atom is -0.491 e. The first kappa shape index (κ1) is 22.1. The fourth-order valence-electron chi connectivity index (χ4n) is 3.13. The van der Waals surface area contributed by atoms with Crippen molar-refractivity contribution >= 4 is 29.1 Å². The average molecular weight is 458 g/mol. The van der Waals surface area contributed by atoms with E-state index in [1.165, 1.54) is 0 Å². The standard InChI is InChI=1S/C23H24ClN3O5/c24-19-11-16(20-6-8-22(28)27-26-20)3-7-21(19)32-14-23(29)25-10-9-15-1-4-17(5-2-15)30-12-18-13-31-18/h1-5,7,11,18H,6,8-10,12-14H2,(H,25,29)(H,27,28). The zero-order valence-corrected chi connectivity index (χ0v) is 18.2. The summed E-state index contributed by atoms with van der Waals surface area (Å²) in [5.41, 5.74) is 5.13. The third-order valence-corrected chi connectivity index (χ3v) is 5.32. The summed E-state index contributed by atoms with van der Waals surface area (Å²) in [6.07, 6.45) is 1.88. The molecule has 0 radical (unpaired) electrons. The van der Waals surface area contributed by atoms with E-state index < -0.39 is 0 Å². The van der Waals surface area contributed by atoms with Crippen molar-refractivity contribution in [2.75, 3.05) is 26.4 Å². The van der Waals surface area contributed by atoms with Gasteiger partial charge in [-0.2, -0.15) is 5.10 Å². The molecule has 0 bridgehead atoms. The third-order valence-electron chi connectivity index (χ3n) is 5.03. The second-order valence-electron chi connectivity index (χ2n) is 7.54. The van der Waals surface area contributed by atoms with Gasteiger partial charge < -0.3 is 19.5 Å². The molecule has 2 aliphatic heterocycles. The Balaban J connectivity index is 1.18. The number of carbonyl (C=O) groups is 2. The maximum Gasteiger partial charge on any atom is 0.257 e. The second-order valence-corrected chi connectivity index (χ2v) is 7.94. The van der Waals surface area contributed by atoms with Gasteiger partial charge in [-0.1, -0.05) is 23.7 Å². The van der Waals surface area contributed by atoms with E-state index in [-0.39, 0.29) is 24.5 Å². The molecule has 32 heavy (non-hydrogen) atoms. The molecule has 1 atom stereocenters. The lowest BCUT2D eigenvalue weighted by atomic mass is 10.0. The van der Waals surface area contributed by atoms with Crippen LogP contribution in [0.5, 0.6) is 11.5 Å². The Hall–Kier alpha value is -3.10. The molecule has 1 unspecified atom stereocenters. The van der Waals surface area contributed by atoms with Gasteiger partial charge in [0.1, 0.15) is 24.2 Å². The van der Waals surface area contributed by atoms with Crippen LogP contribution in [0.15, 0.2) is 47.6 Å².